The molecule has 0 amide bonds. The summed E-state index contributed by atoms with van der Waals surface area (Å²) < 4.78 is 44.0. The molecule has 1 aliphatic heterocycles. The van der Waals surface area contributed by atoms with Crippen LogP contribution in [0.5, 0.6) is 0 Å². The molecule has 0 bridgehead atoms. The number of aromatic nitrogens is 1. The Morgan fingerprint density at radius 3 is 2.32 bits per heavy atom. The van der Waals surface area contributed by atoms with Gasteiger partial charge in [-0.2, -0.15) is 0 Å². The van der Waals surface area contributed by atoms with Crippen LogP contribution in [0.1, 0.15) is 45.6 Å². The molecule has 34 heavy (non-hydrogen) atoms. The number of piperidine rings is 1. The molecule has 0 N–H and O–H groups in total. The van der Waals surface area contributed by atoms with E-state index in [4.69, 9.17) is 0 Å². The monoisotopic (exact) mass is 484 g/mol. The fourth-order valence-corrected chi connectivity index (χ4v) is 6.39. The summed E-state index contributed by atoms with van der Waals surface area (Å²) >= 11 is 0. The van der Waals surface area contributed by atoms with Gasteiger partial charge in [0.1, 0.15) is 10.7 Å². The van der Waals surface area contributed by atoms with E-state index in [2.05, 4.69) is 25.7 Å². The van der Waals surface area contributed by atoms with E-state index in [-0.39, 0.29) is 15.2 Å². The van der Waals surface area contributed by atoms with E-state index < -0.39 is 21.1 Å². The molecule has 0 aliphatic carbocycles. The summed E-state index contributed by atoms with van der Waals surface area (Å²) in [4.78, 5) is 15.2. The number of fused-ring (bicyclic) bond motifs is 1. The first kappa shape index (κ1) is 24.5. The average Bonchev–Trinajstić information content (AvgIpc) is 2.78. The zero-order chi connectivity index (χ0) is 24.6. The number of unbranched alkanes of at least 4 members (excludes halogenated alkanes) is 1. The summed E-state index contributed by atoms with van der Waals surface area (Å²) in [7, 11) is -4.05. The van der Waals surface area contributed by atoms with Gasteiger partial charge >= 0.3 is 0 Å². The first-order chi connectivity index (χ1) is 16.1. The predicted molar refractivity (Wildman–Crippen MR) is 135 cm³/mol. The van der Waals surface area contributed by atoms with Gasteiger partial charge in [-0.25, -0.2) is 12.8 Å². The molecule has 4 rings (SSSR count). The summed E-state index contributed by atoms with van der Waals surface area (Å²) in [5, 5.41) is 0.101. The second-order valence-corrected chi connectivity index (χ2v) is 11.8. The van der Waals surface area contributed by atoms with Crippen LogP contribution in [0.4, 0.5) is 10.1 Å². The quantitative estimate of drug-likeness (QED) is 0.459. The van der Waals surface area contributed by atoms with Crippen molar-refractivity contribution in [3.8, 4) is 0 Å². The van der Waals surface area contributed by atoms with E-state index in [1.807, 2.05) is 6.92 Å². The normalized spacial score (nSPS) is 19.0. The summed E-state index contributed by atoms with van der Waals surface area (Å²) in [6, 6.07) is 9.38. The van der Waals surface area contributed by atoms with Crippen molar-refractivity contribution in [3.63, 3.8) is 0 Å². The second kappa shape index (κ2) is 9.53. The molecule has 2 aromatic carbocycles. The summed E-state index contributed by atoms with van der Waals surface area (Å²) in [5.74, 6) is 0.407. The largest absolute Gasteiger partial charge is 0.369 e. The molecule has 0 spiro atoms. The molecule has 2 atom stereocenters. The highest BCUT2D eigenvalue weighted by Gasteiger charge is 2.27. The van der Waals surface area contributed by atoms with E-state index in [1.165, 1.54) is 24.4 Å². The Morgan fingerprint density at radius 2 is 1.71 bits per heavy atom. The lowest BCUT2D eigenvalue weighted by Gasteiger charge is -2.37. The van der Waals surface area contributed by atoms with Gasteiger partial charge in [-0.15, -0.1) is 0 Å². The minimum absolute atomic E-state index is 0.0602. The van der Waals surface area contributed by atoms with Gasteiger partial charge in [0.25, 0.3) is 0 Å². The Morgan fingerprint density at radius 1 is 1.06 bits per heavy atom. The van der Waals surface area contributed by atoms with Gasteiger partial charge in [-0.3, -0.25) is 4.79 Å². The molecule has 1 aliphatic rings. The van der Waals surface area contributed by atoms with Crippen molar-refractivity contribution < 1.29 is 12.8 Å². The average molecular weight is 485 g/mol. The van der Waals surface area contributed by atoms with Gasteiger partial charge in [-0.05, 0) is 55.9 Å². The molecule has 1 fully saturated rings. The Kier molecular flexibility index (Phi) is 6.85. The fourth-order valence-electron chi connectivity index (χ4n) is 5.02. The van der Waals surface area contributed by atoms with Crippen LogP contribution >= 0.6 is 0 Å². The van der Waals surface area contributed by atoms with Gasteiger partial charge < -0.3 is 9.47 Å². The topological polar surface area (TPSA) is 59.4 Å². The van der Waals surface area contributed by atoms with Crippen molar-refractivity contribution in [1.29, 1.82) is 0 Å². The summed E-state index contributed by atoms with van der Waals surface area (Å²) in [6.07, 6.45) is 4.27. The van der Waals surface area contributed by atoms with Gasteiger partial charge in [0.05, 0.1) is 21.5 Å². The lowest BCUT2D eigenvalue weighted by Crippen LogP contribution is -2.39. The molecule has 0 unspecified atom stereocenters. The number of hydrogen-bond acceptors (Lipinski definition) is 4. The van der Waals surface area contributed by atoms with Crippen molar-refractivity contribution in [3.05, 3.63) is 64.2 Å². The highest BCUT2D eigenvalue weighted by molar-refractivity contribution is 7.91. The van der Waals surface area contributed by atoms with Crippen molar-refractivity contribution in [2.24, 2.45) is 11.8 Å². The third-order valence-electron chi connectivity index (χ3n) is 6.70. The third-order valence-corrected chi connectivity index (χ3v) is 8.46. The smallest absolute Gasteiger partial charge is 0.211 e. The van der Waals surface area contributed by atoms with Crippen molar-refractivity contribution >= 4 is 26.4 Å². The van der Waals surface area contributed by atoms with Crippen LogP contribution in [0.15, 0.2) is 57.2 Å². The molecule has 1 aromatic heterocycles. The number of pyridine rings is 1. The molecule has 2 heterocycles. The molecule has 182 valence electrons. The second-order valence-electron chi connectivity index (χ2n) is 9.86. The number of aryl methyl sites for hydroxylation is 2. The molecular weight excluding hydrogens is 451 g/mol. The minimum atomic E-state index is -4.05. The maximum atomic E-state index is 15.4. The molecule has 0 saturated carbocycles. The van der Waals surface area contributed by atoms with Crippen LogP contribution in [0, 0.1) is 24.6 Å². The summed E-state index contributed by atoms with van der Waals surface area (Å²) in [5.41, 5.74) is 1.32. The van der Waals surface area contributed by atoms with Gasteiger partial charge in [0.2, 0.25) is 15.3 Å². The number of benzene rings is 2. The maximum absolute atomic E-state index is 15.4. The lowest BCUT2D eigenvalue weighted by molar-refractivity contribution is 0.354. The molecule has 0 radical (unpaired) electrons. The number of nitrogens with zero attached hydrogens (tertiary/aromatic N) is 2. The number of hydrogen-bond donors (Lipinski definition) is 0. The Hall–Kier alpha value is -2.67. The standard InChI is InChI=1S/C27H33FN2O3S/c1-5-6-11-29-17-26(34(32,33)21-9-7-18(2)8-10-21)27(31)22-13-23(28)25(14-24(22)29)30-15-19(3)12-20(4)16-30/h7-10,13-14,17,19-20H,5-6,11-12,15-16H2,1-4H3/t19-,20-/m0/s1. The van der Waals surface area contributed by atoms with E-state index in [9.17, 15) is 13.2 Å². The zero-order valence-electron chi connectivity index (χ0n) is 20.3. The third kappa shape index (κ3) is 4.63. The number of rotatable bonds is 6. The van der Waals surface area contributed by atoms with Crippen LogP contribution in [-0.4, -0.2) is 26.1 Å². The highest BCUT2D eigenvalue weighted by Crippen LogP contribution is 2.31. The molecule has 3 aromatic rings. The minimum Gasteiger partial charge on any atom is -0.369 e. The van der Waals surface area contributed by atoms with Crippen LogP contribution < -0.4 is 10.3 Å². The van der Waals surface area contributed by atoms with Crippen molar-refractivity contribution in [2.45, 2.75) is 63.3 Å². The number of halogens is 1. The van der Waals surface area contributed by atoms with Crippen molar-refractivity contribution in [2.75, 3.05) is 18.0 Å². The van der Waals surface area contributed by atoms with Crippen LogP contribution in [0.25, 0.3) is 10.9 Å². The van der Waals surface area contributed by atoms with Crippen LogP contribution in [0.3, 0.4) is 0 Å². The van der Waals surface area contributed by atoms with E-state index in [1.54, 1.807) is 22.8 Å². The Labute approximate surface area is 201 Å². The SMILES string of the molecule is CCCCn1cc(S(=O)(=O)c2ccc(C)cc2)c(=O)c2cc(F)c(N3C[C@@H](C)C[C@H](C)C3)cc21. The number of anilines is 1. The van der Waals surface area contributed by atoms with Crippen LogP contribution in [-0.2, 0) is 16.4 Å². The molecular formula is C27H33FN2O3S. The van der Waals surface area contributed by atoms with E-state index in [0.29, 0.717) is 29.6 Å². The first-order valence-electron chi connectivity index (χ1n) is 12.0. The molecule has 5 nitrogen and oxygen atoms in total. The maximum Gasteiger partial charge on any atom is 0.211 e. The number of sulfone groups is 1. The lowest BCUT2D eigenvalue weighted by atomic mass is 9.91. The van der Waals surface area contributed by atoms with Gasteiger partial charge in [0.15, 0.2) is 0 Å². The van der Waals surface area contributed by atoms with E-state index >= 15 is 4.39 Å². The van der Waals surface area contributed by atoms with Gasteiger partial charge in [-0.1, -0.05) is 44.9 Å². The predicted octanol–water partition coefficient (Wildman–Crippen LogP) is 5.56. The summed E-state index contributed by atoms with van der Waals surface area (Å²) in [6.45, 7) is 10.3. The zero-order valence-corrected chi connectivity index (χ0v) is 21.2. The first-order valence-corrected chi connectivity index (χ1v) is 13.5. The Bertz CT molecular complexity index is 1350. The molecule has 7 heteroatoms. The fraction of sp³-hybridized carbons (Fsp3) is 0.444. The van der Waals surface area contributed by atoms with Crippen molar-refractivity contribution in [1.82, 2.24) is 4.57 Å². The Balaban J connectivity index is 1.91. The van der Waals surface area contributed by atoms with Gasteiger partial charge in [0, 0.05) is 25.8 Å². The highest BCUT2D eigenvalue weighted by atomic mass is 32.2. The molecule has 1 saturated heterocycles. The van der Waals surface area contributed by atoms with Crippen LogP contribution in [0.2, 0.25) is 0 Å². The van der Waals surface area contributed by atoms with E-state index in [0.717, 1.165) is 37.9 Å².